The van der Waals surface area contributed by atoms with E-state index in [1.807, 2.05) is 42.5 Å². The van der Waals surface area contributed by atoms with Gasteiger partial charge in [-0.15, -0.1) is 0 Å². The van der Waals surface area contributed by atoms with Crippen molar-refractivity contribution in [2.45, 2.75) is 12.8 Å². The van der Waals surface area contributed by atoms with Crippen molar-refractivity contribution < 1.29 is 14.6 Å². The summed E-state index contributed by atoms with van der Waals surface area (Å²) in [7, 11) is 3.35. The summed E-state index contributed by atoms with van der Waals surface area (Å²) in [6.45, 7) is 0. The lowest BCUT2D eigenvalue weighted by atomic mass is 9.79. The number of phenols is 1. The predicted molar refractivity (Wildman–Crippen MR) is 122 cm³/mol. The normalized spacial score (nSPS) is 12.4. The second-order valence-electron chi connectivity index (χ2n) is 7.53. The van der Waals surface area contributed by atoms with Crippen LogP contribution in [0.25, 0.3) is 33.0 Å². The minimum Gasteiger partial charge on any atom is -0.508 e. The van der Waals surface area contributed by atoms with Crippen molar-refractivity contribution in [2.24, 2.45) is 0 Å². The van der Waals surface area contributed by atoms with E-state index in [4.69, 9.17) is 21.1 Å². The number of aromatic hydroxyl groups is 1. The third-order valence-corrected chi connectivity index (χ3v) is 6.31. The van der Waals surface area contributed by atoms with Crippen LogP contribution in [0.15, 0.2) is 60.7 Å². The summed E-state index contributed by atoms with van der Waals surface area (Å²) >= 11 is 7.03. The van der Waals surface area contributed by atoms with Crippen molar-refractivity contribution in [2.75, 3.05) is 14.2 Å². The molecule has 0 radical (unpaired) electrons. The van der Waals surface area contributed by atoms with Crippen LogP contribution in [0.4, 0.5) is 0 Å². The molecule has 0 saturated carbocycles. The van der Waals surface area contributed by atoms with Crippen LogP contribution in [0.5, 0.6) is 17.2 Å². The van der Waals surface area contributed by atoms with Crippen LogP contribution in [-0.2, 0) is 12.8 Å². The van der Waals surface area contributed by atoms with Gasteiger partial charge in [-0.1, -0.05) is 29.8 Å². The van der Waals surface area contributed by atoms with E-state index in [1.54, 1.807) is 20.3 Å². The molecule has 0 amide bonds. The summed E-state index contributed by atoms with van der Waals surface area (Å²) in [6, 6.07) is 19.6. The van der Waals surface area contributed by atoms with Crippen molar-refractivity contribution in [1.82, 2.24) is 0 Å². The SMILES string of the molecule is COc1ccc2c(c1)CCc1c-2c(Cl)c2ccc(OC)cc2c1-c1cccc(O)c1. The van der Waals surface area contributed by atoms with Crippen LogP contribution < -0.4 is 9.47 Å². The summed E-state index contributed by atoms with van der Waals surface area (Å²) < 4.78 is 10.9. The van der Waals surface area contributed by atoms with E-state index in [1.165, 1.54) is 11.1 Å². The Morgan fingerprint density at radius 3 is 2.33 bits per heavy atom. The molecule has 30 heavy (non-hydrogen) atoms. The first-order valence-corrected chi connectivity index (χ1v) is 10.3. The molecule has 0 bridgehead atoms. The number of fused-ring (bicyclic) bond motifs is 4. The lowest BCUT2D eigenvalue weighted by Gasteiger charge is -2.26. The zero-order chi connectivity index (χ0) is 20.8. The Kier molecular flexibility index (Phi) is 4.56. The lowest BCUT2D eigenvalue weighted by molar-refractivity contribution is 0.414. The molecule has 1 aliphatic rings. The van der Waals surface area contributed by atoms with Gasteiger partial charge in [0.1, 0.15) is 17.2 Å². The Morgan fingerprint density at radius 2 is 1.57 bits per heavy atom. The van der Waals surface area contributed by atoms with E-state index in [0.717, 1.165) is 62.4 Å². The molecule has 0 aliphatic heterocycles. The molecule has 3 nitrogen and oxygen atoms in total. The highest BCUT2D eigenvalue weighted by molar-refractivity contribution is 6.39. The highest BCUT2D eigenvalue weighted by Gasteiger charge is 2.26. The van der Waals surface area contributed by atoms with E-state index >= 15 is 0 Å². The number of rotatable bonds is 3. The summed E-state index contributed by atoms with van der Waals surface area (Å²) in [5.41, 5.74) is 6.71. The molecular weight excluding hydrogens is 396 g/mol. The topological polar surface area (TPSA) is 38.7 Å². The fraction of sp³-hybridized carbons (Fsp3) is 0.154. The quantitative estimate of drug-likeness (QED) is 0.406. The van der Waals surface area contributed by atoms with Gasteiger partial charge in [-0.2, -0.15) is 0 Å². The van der Waals surface area contributed by atoms with Crippen molar-refractivity contribution in [3.05, 3.63) is 76.8 Å². The maximum Gasteiger partial charge on any atom is 0.119 e. The second-order valence-corrected chi connectivity index (χ2v) is 7.91. The molecule has 150 valence electrons. The van der Waals surface area contributed by atoms with Crippen LogP contribution in [0, 0.1) is 0 Å². The first-order chi connectivity index (χ1) is 14.6. The average Bonchev–Trinajstić information content (AvgIpc) is 2.78. The molecule has 0 atom stereocenters. The van der Waals surface area contributed by atoms with Gasteiger partial charge in [-0.3, -0.25) is 0 Å². The molecule has 0 saturated heterocycles. The van der Waals surface area contributed by atoms with Crippen molar-refractivity contribution in [3.8, 4) is 39.5 Å². The number of phenolic OH excluding ortho intramolecular Hbond substituents is 1. The fourth-order valence-electron chi connectivity index (χ4n) is 4.53. The molecule has 5 rings (SSSR count). The molecule has 0 unspecified atom stereocenters. The highest BCUT2D eigenvalue weighted by Crippen LogP contribution is 2.49. The molecular formula is C26H21ClO3. The van der Waals surface area contributed by atoms with Crippen molar-refractivity contribution in [1.29, 1.82) is 0 Å². The van der Waals surface area contributed by atoms with Gasteiger partial charge in [0.15, 0.2) is 0 Å². The standard InChI is InChI=1S/C26H21ClO3/c1-29-18-7-10-20-15(13-18)6-9-22-24(16-4-3-5-17(28)12-16)23-14-19(30-2)8-11-21(23)26(27)25(20)22/h3-5,7-8,10-14,28H,6,9H2,1-2H3. The first-order valence-electron chi connectivity index (χ1n) is 9.89. The van der Waals surface area contributed by atoms with E-state index in [-0.39, 0.29) is 5.75 Å². The Bertz CT molecular complexity index is 1290. The molecule has 0 heterocycles. The Labute approximate surface area is 180 Å². The van der Waals surface area contributed by atoms with Gasteiger partial charge in [0.2, 0.25) is 0 Å². The second kappa shape index (κ2) is 7.26. The third kappa shape index (κ3) is 2.89. The smallest absolute Gasteiger partial charge is 0.119 e. The van der Waals surface area contributed by atoms with Crippen LogP contribution in [0.3, 0.4) is 0 Å². The fourth-order valence-corrected chi connectivity index (χ4v) is 4.91. The van der Waals surface area contributed by atoms with Crippen LogP contribution in [-0.4, -0.2) is 19.3 Å². The van der Waals surface area contributed by atoms with Crippen LogP contribution in [0.1, 0.15) is 11.1 Å². The number of hydrogen-bond acceptors (Lipinski definition) is 3. The summed E-state index contributed by atoms with van der Waals surface area (Å²) in [4.78, 5) is 0. The maximum atomic E-state index is 10.2. The first kappa shape index (κ1) is 18.8. The van der Waals surface area contributed by atoms with Gasteiger partial charge in [-0.05, 0) is 88.5 Å². The predicted octanol–water partition coefficient (Wildman–Crippen LogP) is 6.65. The molecule has 0 spiro atoms. The minimum atomic E-state index is 0.244. The number of ether oxygens (including phenoxy) is 2. The summed E-state index contributed by atoms with van der Waals surface area (Å²) in [5.74, 6) is 1.88. The molecule has 4 aromatic carbocycles. The number of benzene rings is 4. The maximum absolute atomic E-state index is 10.2. The zero-order valence-electron chi connectivity index (χ0n) is 16.8. The van der Waals surface area contributed by atoms with Crippen molar-refractivity contribution in [3.63, 3.8) is 0 Å². The number of methoxy groups -OCH3 is 2. The number of halogens is 1. The van der Waals surface area contributed by atoms with Gasteiger partial charge in [-0.25, -0.2) is 0 Å². The van der Waals surface area contributed by atoms with Crippen LogP contribution in [0.2, 0.25) is 5.02 Å². The Balaban J connectivity index is 1.91. The van der Waals surface area contributed by atoms with Gasteiger partial charge in [0.05, 0.1) is 19.2 Å². The minimum absolute atomic E-state index is 0.244. The molecule has 4 heteroatoms. The van der Waals surface area contributed by atoms with Gasteiger partial charge in [0, 0.05) is 10.9 Å². The monoisotopic (exact) mass is 416 g/mol. The average molecular weight is 417 g/mol. The van der Waals surface area contributed by atoms with Gasteiger partial charge >= 0.3 is 0 Å². The summed E-state index contributed by atoms with van der Waals surface area (Å²) in [5, 5.41) is 12.9. The molecule has 1 N–H and O–H groups in total. The highest BCUT2D eigenvalue weighted by atomic mass is 35.5. The number of aryl methyl sites for hydroxylation is 1. The van der Waals surface area contributed by atoms with E-state index in [9.17, 15) is 5.11 Å². The van der Waals surface area contributed by atoms with Gasteiger partial charge < -0.3 is 14.6 Å². The third-order valence-electron chi connectivity index (χ3n) is 5.92. The Hall–Kier alpha value is -3.17. The number of hydrogen-bond donors (Lipinski definition) is 1. The van der Waals surface area contributed by atoms with E-state index in [0.29, 0.717) is 0 Å². The zero-order valence-corrected chi connectivity index (χ0v) is 17.6. The van der Waals surface area contributed by atoms with Crippen molar-refractivity contribution >= 4 is 22.4 Å². The molecule has 1 aliphatic carbocycles. The van der Waals surface area contributed by atoms with E-state index < -0.39 is 0 Å². The molecule has 0 aromatic heterocycles. The largest absolute Gasteiger partial charge is 0.508 e. The molecule has 0 fully saturated rings. The summed E-state index contributed by atoms with van der Waals surface area (Å²) in [6.07, 6.45) is 1.75. The van der Waals surface area contributed by atoms with E-state index in [2.05, 4.69) is 12.1 Å². The van der Waals surface area contributed by atoms with Crippen LogP contribution >= 0.6 is 11.6 Å². The molecule has 4 aromatic rings. The van der Waals surface area contributed by atoms with Gasteiger partial charge in [0.25, 0.3) is 0 Å². The lowest BCUT2D eigenvalue weighted by Crippen LogP contribution is -2.07. The Morgan fingerprint density at radius 1 is 0.800 bits per heavy atom.